The van der Waals surface area contributed by atoms with Gasteiger partial charge in [0.15, 0.2) is 11.5 Å². The van der Waals surface area contributed by atoms with Gasteiger partial charge in [-0.05, 0) is 17.7 Å². The van der Waals surface area contributed by atoms with E-state index in [1.165, 1.54) is 18.4 Å². The Morgan fingerprint density at radius 2 is 2.10 bits per heavy atom. The van der Waals surface area contributed by atoms with Gasteiger partial charge in [-0.25, -0.2) is 12.7 Å². The summed E-state index contributed by atoms with van der Waals surface area (Å²) in [6.45, 7) is 1.05. The molecule has 0 radical (unpaired) electrons. The standard InChI is InChI=1S/C12H17ClN2O4S/c1-15(2)20(16,17)4-3-14-7-9-5-10(13)12-11(6-9)18-8-19-12/h5-6,14H,3-4,7-8H2,1-2H3. The van der Waals surface area contributed by atoms with E-state index in [1.54, 1.807) is 6.07 Å². The summed E-state index contributed by atoms with van der Waals surface area (Å²) in [4.78, 5) is 0. The lowest BCUT2D eigenvalue weighted by Gasteiger charge is -2.12. The fraction of sp³-hybridized carbons (Fsp3) is 0.500. The first-order chi connectivity index (χ1) is 9.40. The van der Waals surface area contributed by atoms with Gasteiger partial charge in [-0.1, -0.05) is 11.6 Å². The predicted molar refractivity (Wildman–Crippen MR) is 76.8 cm³/mol. The minimum atomic E-state index is -3.17. The summed E-state index contributed by atoms with van der Waals surface area (Å²) in [6.07, 6.45) is 0. The number of benzene rings is 1. The molecule has 1 aromatic carbocycles. The first kappa shape index (κ1) is 15.4. The third-order valence-electron chi connectivity index (χ3n) is 2.91. The minimum Gasteiger partial charge on any atom is -0.454 e. The average molecular weight is 321 g/mol. The Morgan fingerprint density at radius 3 is 2.80 bits per heavy atom. The van der Waals surface area contributed by atoms with Crippen molar-refractivity contribution in [3.8, 4) is 11.5 Å². The molecular formula is C12H17ClN2O4S. The maximum atomic E-state index is 11.6. The Labute approximate surface area is 123 Å². The highest BCUT2D eigenvalue weighted by Gasteiger charge is 2.18. The van der Waals surface area contributed by atoms with Crippen molar-refractivity contribution in [2.24, 2.45) is 0 Å². The SMILES string of the molecule is CN(C)S(=O)(=O)CCNCc1cc(Cl)c2c(c1)OCO2. The minimum absolute atomic E-state index is 0.0539. The first-order valence-corrected chi connectivity index (χ1v) is 8.08. The lowest BCUT2D eigenvalue weighted by atomic mass is 10.2. The van der Waals surface area contributed by atoms with E-state index in [9.17, 15) is 8.42 Å². The van der Waals surface area contributed by atoms with Crippen LogP contribution in [0, 0.1) is 0 Å². The lowest BCUT2D eigenvalue weighted by Crippen LogP contribution is -2.31. The maximum Gasteiger partial charge on any atom is 0.231 e. The Morgan fingerprint density at radius 1 is 1.35 bits per heavy atom. The molecule has 0 spiro atoms. The monoisotopic (exact) mass is 320 g/mol. The number of sulfonamides is 1. The van der Waals surface area contributed by atoms with E-state index in [0.717, 1.165) is 5.56 Å². The molecule has 1 aliphatic rings. The highest BCUT2D eigenvalue weighted by Crippen LogP contribution is 2.39. The smallest absolute Gasteiger partial charge is 0.231 e. The third kappa shape index (κ3) is 3.54. The normalized spacial score (nSPS) is 14.0. The Balaban J connectivity index is 1.88. The molecule has 0 amide bonds. The van der Waals surface area contributed by atoms with Crippen LogP contribution < -0.4 is 14.8 Å². The van der Waals surface area contributed by atoms with Crippen LogP contribution in [-0.4, -0.2) is 45.9 Å². The molecule has 0 aromatic heterocycles. The third-order valence-corrected chi connectivity index (χ3v) is 5.02. The van der Waals surface area contributed by atoms with Gasteiger partial charge in [0.25, 0.3) is 0 Å². The average Bonchev–Trinajstić information content (AvgIpc) is 2.83. The van der Waals surface area contributed by atoms with Crippen molar-refractivity contribution in [3.05, 3.63) is 22.7 Å². The number of nitrogens with one attached hydrogen (secondary N) is 1. The van der Waals surface area contributed by atoms with Crippen LogP contribution in [0.1, 0.15) is 5.56 Å². The fourth-order valence-electron chi connectivity index (χ4n) is 1.74. The molecule has 0 bridgehead atoms. The van der Waals surface area contributed by atoms with Crippen molar-refractivity contribution in [3.63, 3.8) is 0 Å². The summed E-state index contributed by atoms with van der Waals surface area (Å²) in [5.41, 5.74) is 0.918. The van der Waals surface area contributed by atoms with Crippen molar-refractivity contribution in [2.75, 3.05) is 33.2 Å². The lowest BCUT2D eigenvalue weighted by molar-refractivity contribution is 0.174. The molecule has 0 fully saturated rings. The van der Waals surface area contributed by atoms with Crippen LogP contribution in [-0.2, 0) is 16.6 Å². The number of halogens is 1. The van der Waals surface area contributed by atoms with Crippen LogP contribution in [0.5, 0.6) is 11.5 Å². The maximum absolute atomic E-state index is 11.6. The molecular weight excluding hydrogens is 304 g/mol. The van der Waals surface area contributed by atoms with Crippen molar-refractivity contribution in [2.45, 2.75) is 6.54 Å². The largest absolute Gasteiger partial charge is 0.454 e. The summed E-state index contributed by atoms with van der Waals surface area (Å²) in [6, 6.07) is 3.62. The molecule has 6 nitrogen and oxygen atoms in total. The number of fused-ring (bicyclic) bond motifs is 1. The summed E-state index contributed by atoms with van der Waals surface area (Å²) in [5, 5.41) is 3.57. The zero-order valence-electron chi connectivity index (χ0n) is 11.3. The molecule has 2 rings (SSSR count). The second-order valence-corrected chi connectivity index (χ2v) is 7.30. The van der Waals surface area contributed by atoms with Crippen LogP contribution in [0.3, 0.4) is 0 Å². The van der Waals surface area contributed by atoms with Crippen LogP contribution in [0.25, 0.3) is 0 Å². The van der Waals surface area contributed by atoms with E-state index in [2.05, 4.69) is 5.32 Å². The first-order valence-electron chi connectivity index (χ1n) is 6.09. The molecule has 1 N–H and O–H groups in total. The zero-order chi connectivity index (χ0) is 14.8. The number of hydrogen-bond donors (Lipinski definition) is 1. The molecule has 1 aromatic rings. The molecule has 0 unspecified atom stereocenters. The van der Waals surface area contributed by atoms with Gasteiger partial charge in [0.05, 0.1) is 10.8 Å². The van der Waals surface area contributed by atoms with E-state index in [0.29, 0.717) is 29.6 Å². The Kier molecular flexibility index (Phi) is 4.74. The van der Waals surface area contributed by atoms with Crippen LogP contribution in [0.15, 0.2) is 12.1 Å². The number of nitrogens with zero attached hydrogens (tertiary/aromatic N) is 1. The summed E-state index contributed by atoms with van der Waals surface area (Å²) in [5.74, 6) is 1.24. The molecule has 1 heterocycles. The van der Waals surface area contributed by atoms with Crippen LogP contribution in [0.4, 0.5) is 0 Å². The Bertz CT molecular complexity index is 589. The molecule has 20 heavy (non-hydrogen) atoms. The molecule has 8 heteroatoms. The van der Waals surface area contributed by atoms with Gasteiger partial charge in [-0.2, -0.15) is 0 Å². The molecule has 0 saturated heterocycles. The van der Waals surface area contributed by atoms with Gasteiger partial charge in [0.1, 0.15) is 0 Å². The molecule has 0 aliphatic carbocycles. The van der Waals surface area contributed by atoms with E-state index >= 15 is 0 Å². The van der Waals surface area contributed by atoms with E-state index in [4.69, 9.17) is 21.1 Å². The van der Waals surface area contributed by atoms with Gasteiger partial charge >= 0.3 is 0 Å². The predicted octanol–water partition coefficient (Wildman–Crippen LogP) is 1.05. The molecule has 1 aliphatic heterocycles. The van der Waals surface area contributed by atoms with Crippen molar-refractivity contribution in [1.29, 1.82) is 0 Å². The highest BCUT2D eigenvalue weighted by molar-refractivity contribution is 7.89. The molecule has 0 saturated carbocycles. The van der Waals surface area contributed by atoms with Crippen molar-refractivity contribution in [1.82, 2.24) is 9.62 Å². The highest BCUT2D eigenvalue weighted by atomic mass is 35.5. The van der Waals surface area contributed by atoms with Crippen LogP contribution in [0.2, 0.25) is 5.02 Å². The topological polar surface area (TPSA) is 67.9 Å². The summed E-state index contributed by atoms with van der Waals surface area (Å²) < 4.78 is 34.9. The number of rotatable bonds is 6. The van der Waals surface area contributed by atoms with E-state index < -0.39 is 10.0 Å². The summed E-state index contributed by atoms with van der Waals surface area (Å²) in [7, 11) is -0.129. The fourth-order valence-corrected chi connectivity index (χ4v) is 2.79. The second kappa shape index (κ2) is 6.17. The quantitative estimate of drug-likeness (QED) is 0.794. The van der Waals surface area contributed by atoms with Crippen LogP contribution >= 0.6 is 11.6 Å². The van der Waals surface area contributed by atoms with Gasteiger partial charge in [0, 0.05) is 27.2 Å². The second-order valence-electron chi connectivity index (χ2n) is 4.59. The zero-order valence-corrected chi connectivity index (χ0v) is 12.9. The van der Waals surface area contributed by atoms with E-state index in [-0.39, 0.29) is 12.5 Å². The van der Waals surface area contributed by atoms with Crippen molar-refractivity contribution < 1.29 is 17.9 Å². The van der Waals surface area contributed by atoms with Gasteiger partial charge < -0.3 is 14.8 Å². The molecule has 0 atom stereocenters. The van der Waals surface area contributed by atoms with Gasteiger partial charge in [0.2, 0.25) is 16.8 Å². The summed E-state index contributed by atoms with van der Waals surface area (Å²) >= 11 is 6.07. The van der Waals surface area contributed by atoms with Gasteiger partial charge in [-0.15, -0.1) is 0 Å². The van der Waals surface area contributed by atoms with E-state index in [1.807, 2.05) is 6.07 Å². The number of hydrogen-bond acceptors (Lipinski definition) is 5. The molecule has 112 valence electrons. The van der Waals surface area contributed by atoms with Crippen molar-refractivity contribution >= 4 is 21.6 Å². The number of ether oxygens (including phenoxy) is 2. The Hall–Kier alpha value is -1.02. The van der Waals surface area contributed by atoms with Gasteiger partial charge in [-0.3, -0.25) is 0 Å².